The number of benzene rings is 1. The first-order chi connectivity index (χ1) is 11.2. The molecule has 24 heavy (non-hydrogen) atoms. The molecule has 132 valence electrons. The topological polar surface area (TPSA) is 56.8 Å². The summed E-state index contributed by atoms with van der Waals surface area (Å²) in [6, 6.07) is 9.00. The van der Waals surface area contributed by atoms with Gasteiger partial charge in [0.25, 0.3) is 0 Å². The van der Waals surface area contributed by atoms with Crippen molar-refractivity contribution in [2.24, 2.45) is 0 Å². The fourth-order valence-corrected chi connectivity index (χ4v) is 4.12. The number of carbonyl (C=O) groups excluding carboxylic acids is 1. The molecule has 3 rings (SSSR count). The second kappa shape index (κ2) is 6.14. The van der Waals surface area contributed by atoms with Crippen LogP contribution in [0.15, 0.2) is 30.3 Å². The van der Waals surface area contributed by atoms with Crippen molar-refractivity contribution in [1.82, 2.24) is 5.32 Å². The third-order valence-corrected chi connectivity index (χ3v) is 4.42. The summed E-state index contributed by atoms with van der Waals surface area (Å²) in [4.78, 5) is 12.0. The highest BCUT2D eigenvalue weighted by Gasteiger charge is 2.53. The van der Waals surface area contributed by atoms with E-state index in [2.05, 4.69) is 33.0 Å². The van der Waals surface area contributed by atoms with Crippen LogP contribution in [0.3, 0.4) is 0 Å². The van der Waals surface area contributed by atoms with Crippen LogP contribution < -0.4 is 5.32 Å². The highest BCUT2D eigenvalue weighted by molar-refractivity contribution is 5.89. The summed E-state index contributed by atoms with van der Waals surface area (Å²) >= 11 is 0. The number of hydrogen-bond acceptors (Lipinski definition) is 5. The number of nitrogens with one attached hydrogen (secondary N) is 1. The molecule has 5 heteroatoms. The summed E-state index contributed by atoms with van der Waals surface area (Å²) in [6.07, 6.45) is 1.32. The van der Waals surface area contributed by atoms with E-state index in [-0.39, 0.29) is 29.8 Å². The van der Waals surface area contributed by atoms with Crippen molar-refractivity contribution in [3.05, 3.63) is 35.9 Å². The third kappa shape index (κ3) is 3.97. The largest absolute Gasteiger partial charge is 0.459 e. The van der Waals surface area contributed by atoms with E-state index in [1.54, 1.807) is 12.1 Å². The van der Waals surface area contributed by atoms with Gasteiger partial charge in [0.05, 0.1) is 12.2 Å². The molecule has 1 N–H and O–H groups in total. The van der Waals surface area contributed by atoms with Gasteiger partial charge in [0, 0.05) is 23.9 Å². The molecular formula is C19H27NO4. The average molecular weight is 333 g/mol. The van der Waals surface area contributed by atoms with Crippen LogP contribution in [0.2, 0.25) is 0 Å². The van der Waals surface area contributed by atoms with Crippen LogP contribution in [0.1, 0.15) is 50.9 Å². The molecule has 5 nitrogen and oxygen atoms in total. The summed E-state index contributed by atoms with van der Waals surface area (Å²) in [5.74, 6) is -0.923. The lowest BCUT2D eigenvalue weighted by molar-refractivity contribution is -0.216. The highest BCUT2D eigenvalue weighted by Crippen LogP contribution is 2.42. The van der Waals surface area contributed by atoms with Crippen LogP contribution in [0, 0.1) is 0 Å². The Hall–Kier alpha value is -1.43. The average Bonchev–Trinajstić information content (AvgIpc) is 2.84. The smallest absolute Gasteiger partial charge is 0.338 e. The van der Waals surface area contributed by atoms with E-state index in [9.17, 15) is 4.79 Å². The summed E-state index contributed by atoms with van der Waals surface area (Å²) < 4.78 is 17.6. The summed E-state index contributed by atoms with van der Waals surface area (Å²) in [7, 11) is 0. The van der Waals surface area contributed by atoms with Crippen molar-refractivity contribution in [3.8, 4) is 0 Å². The predicted molar refractivity (Wildman–Crippen MR) is 90.8 cm³/mol. The van der Waals surface area contributed by atoms with E-state index < -0.39 is 5.79 Å². The van der Waals surface area contributed by atoms with E-state index in [1.807, 2.05) is 18.2 Å². The molecule has 0 aliphatic carbocycles. The fraction of sp³-hybridized carbons (Fsp3) is 0.632. The van der Waals surface area contributed by atoms with Crippen molar-refractivity contribution < 1.29 is 19.0 Å². The first kappa shape index (κ1) is 17.4. The van der Waals surface area contributed by atoms with Crippen molar-refractivity contribution >= 4 is 5.97 Å². The van der Waals surface area contributed by atoms with Crippen LogP contribution in [0.4, 0.5) is 0 Å². The standard InChI is InChI=1S/C19H27NO4/c1-17(2)12-19(13-18(3,4)20-17)23-11-15(24-19)10-22-16(21)14-8-6-5-7-9-14/h5-9,15,20H,10-13H2,1-4H3. The Balaban J connectivity index is 1.58. The van der Waals surface area contributed by atoms with Gasteiger partial charge in [-0.1, -0.05) is 18.2 Å². The number of piperidine rings is 1. The summed E-state index contributed by atoms with van der Waals surface area (Å²) in [6.45, 7) is 9.30. The zero-order valence-corrected chi connectivity index (χ0v) is 14.9. The van der Waals surface area contributed by atoms with Gasteiger partial charge in [-0.15, -0.1) is 0 Å². The van der Waals surface area contributed by atoms with Crippen LogP contribution in [0.5, 0.6) is 0 Å². The Kier molecular flexibility index (Phi) is 4.45. The normalized spacial score (nSPS) is 27.1. The minimum atomic E-state index is -0.595. The van der Waals surface area contributed by atoms with Crippen LogP contribution in [-0.4, -0.2) is 42.2 Å². The van der Waals surface area contributed by atoms with Crippen molar-refractivity contribution in [2.45, 2.75) is 63.5 Å². The highest BCUT2D eigenvalue weighted by atomic mass is 16.8. The maximum absolute atomic E-state index is 12.0. The molecule has 0 saturated carbocycles. The molecule has 2 aliphatic rings. The lowest BCUT2D eigenvalue weighted by atomic mass is 9.79. The van der Waals surface area contributed by atoms with Crippen LogP contribution in [-0.2, 0) is 14.2 Å². The molecule has 2 aliphatic heterocycles. The lowest BCUT2D eigenvalue weighted by Crippen LogP contribution is -2.63. The van der Waals surface area contributed by atoms with E-state index >= 15 is 0 Å². The first-order valence-electron chi connectivity index (χ1n) is 8.52. The Labute approximate surface area is 143 Å². The Morgan fingerprint density at radius 3 is 2.42 bits per heavy atom. The number of carbonyl (C=O) groups is 1. The molecule has 0 radical (unpaired) electrons. The number of hydrogen-bond donors (Lipinski definition) is 1. The van der Waals surface area contributed by atoms with Gasteiger partial charge in [-0.05, 0) is 39.8 Å². The molecule has 2 fully saturated rings. The van der Waals surface area contributed by atoms with Crippen LogP contribution in [0.25, 0.3) is 0 Å². The molecule has 2 heterocycles. The minimum Gasteiger partial charge on any atom is -0.459 e. The quantitative estimate of drug-likeness (QED) is 0.862. The SMILES string of the molecule is CC1(C)CC2(CC(C)(C)N1)OCC(COC(=O)c1ccccc1)O2. The molecule has 1 aromatic carbocycles. The van der Waals surface area contributed by atoms with E-state index in [0.29, 0.717) is 12.2 Å². The van der Waals surface area contributed by atoms with Gasteiger partial charge in [-0.3, -0.25) is 0 Å². The fourth-order valence-electron chi connectivity index (χ4n) is 4.12. The lowest BCUT2D eigenvalue weighted by Gasteiger charge is -2.50. The van der Waals surface area contributed by atoms with Gasteiger partial charge in [0.1, 0.15) is 12.7 Å². The summed E-state index contributed by atoms with van der Waals surface area (Å²) in [5.41, 5.74) is 0.407. The van der Waals surface area contributed by atoms with Gasteiger partial charge < -0.3 is 19.5 Å². The van der Waals surface area contributed by atoms with Gasteiger partial charge >= 0.3 is 5.97 Å². The molecule has 1 aromatic rings. The Bertz CT molecular complexity index is 581. The third-order valence-electron chi connectivity index (χ3n) is 4.42. The Morgan fingerprint density at radius 1 is 1.17 bits per heavy atom. The molecule has 1 atom stereocenters. The van der Waals surface area contributed by atoms with E-state index in [0.717, 1.165) is 12.8 Å². The monoisotopic (exact) mass is 333 g/mol. The minimum absolute atomic E-state index is 0.0721. The maximum Gasteiger partial charge on any atom is 0.338 e. The molecule has 2 saturated heterocycles. The van der Waals surface area contributed by atoms with Gasteiger partial charge in [0.2, 0.25) is 0 Å². The van der Waals surface area contributed by atoms with Gasteiger partial charge in [0.15, 0.2) is 5.79 Å². The predicted octanol–water partition coefficient (Wildman–Crippen LogP) is 2.90. The molecule has 0 aromatic heterocycles. The molecule has 1 unspecified atom stereocenters. The molecule has 0 amide bonds. The zero-order valence-electron chi connectivity index (χ0n) is 14.9. The number of esters is 1. The number of rotatable bonds is 3. The number of ether oxygens (including phenoxy) is 3. The summed E-state index contributed by atoms with van der Waals surface area (Å²) in [5, 5.41) is 3.62. The first-order valence-corrected chi connectivity index (χ1v) is 8.52. The van der Waals surface area contributed by atoms with Gasteiger partial charge in [-0.25, -0.2) is 4.79 Å². The van der Waals surface area contributed by atoms with Crippen molar-refractivity contribution in [3.63, 3.8) is 0 Å². The van der Waals surface area contributed by atoms with Crippen molar-refractivity contribution in [2.75, 3.05) is 13.2 Å². The Morgan fingerprint density at radius 2 is 1.79 bits per heavy atom. The molecule has 1 spiro atoms. The van der Waals surface area contributed by atoms with Gasteiger partial charge in [-0.2, -0.15) is 0 Å². The van der Waals surface area contributed by atoms with Crippen LogP contribution >= 0.6 is 0 Å². The zero-order chi connectivity index (χ0) is 17.4. The second-order valence-electron chi connectivity index (χ2n) is 8.17. The van der Waals surface area contributed by atoms with E-state index in [1.165, 1.54) is 0 Å². The van der Waals surface area contributed by atoms with Crippen molar-refractivity contribution in [1.29, 1.82) is 0 Å². The molecule has 0 bridgehead atoms. The molecular weight excluding hydrogens is 306 g/mol. The van der Waals surface area contributed by atoms with E-state index in [4.69, 9.17) is 14.2 Å². The second-order valence-corrected chi connectivity index (χ2v) is 8.17. The maximum atomic E-state index is 12.0.